The van der Waals surface area contributed by atoms with Gasteiger partial charge in [0.25, 0.3) is 5.91 Å². The molecule has 4 rings (SSSR count). The Hall–Kier alpha value is -3.41. The first kappa shape index (κ1) is 17.0. The predicted octanol–water partition coefficient (Wildman–Crippen LogP) is 3.51. The molecule has 0 saturated carbocycles. The number of hydrogen-bond donors (Lipinski definition) is 3. The van der Waals surface area contributed by atoms with E-state index in [-0.39, 0.29) is 11.5 Å². The lowest BCUT2D eigenvalue weighted by Crippen LogP contribution is -2.17. The van der Waals surface area contributed by atoms with Gasteiger partial charge in [0.1, 0.15) is 0 Å². The number of fused-ring (bicyclic) bond motifs is 3. The molecule has 1 heterocycles. The second-order valence-electron chi connectivity index (χ2n) is 6.68. The van der Waals surface area contributed by atoms with E-state index in [1.54, 1.807) is 18.2 Å². The third-order valence-electron chi connectivity index (χ3n) is 4.90. The zero-order chi connectivity index (χ0) is 18.8. The summed E-state index contributed by atoms with van der Waals surface area (Å²) in [5.41, 5.74) is 7.69. The average Bonchev–Trinajstić information content (AvgIpc) is 3.06. The van der Waals surface area contributed by atoms with E-state index in [9.17, 15) is 9.59 Å². The summed E-state index contributed by atoms with van der Waals surface area (Å²) in [7, 11) is 0. The molecule has 1 aliphatic carbocycles. The molecule has 1 aliphatic rings. The van der Waals surface area contributed by atoms with Crippen LogP contribution >= 0.6 is 0 Å². The fourth-order valence-electron chi connectivity index (χ4n) is 3.49. The molecule has 6 heteroatoms. The number of aromatic amines is 1. The number of aryl methyl sites for hydroxylation is 2. The highest BCUT2D eigenvalue weighted by molar-refractivity contribution is 5.99. The second-order valence-corrected chi connectivity index (χ2v) is 6.68. The molecule has 2 aromatic carbocycles. The summed E-state index contributed by atoms with van der Waals surface area (Å²) in [5.74, 6) is -1.25. The van der Waals surface area contributed by atoms with E-state index in [4.69, 9.17) is 5.11 Å². The van der Waals surface area contributed by atoms with Crippen molar-refractivity contribution in [1.29, 1.82) is 0 Å². The molecule has 0 unspecified atom stereocenters. The summed E-state index contributed by atoms with van der Waals surface area (Å²) in [6, 6.07) is 11.9. The molecule has 3 aromatic rings. The Labute approximate surface area is 155 Å². The molecule has 0 radical (unpaired) electrons. The zero-order valence-corrected chi connectivity index (χ0v) is 14.7. The highest BCUT2D eigenvalue weighted by Crippen LogP contribution is 2.29. The van der Waals surface area contributed by atoms with Gasteiger partial charge in [-0.2, -0.15) is 5.10 Å². The second kappa shape index (κ2) is 7.07. The van der Waals surface area contributed by atoms with Crippen molar-refractivity contribution in [3.8, 4) is 0 Å². The number of aromatic nitrogens is 1. The largest absolute Gasteiger partial charge is 0.478 e. The summed E-state index contributed by atoms with van der Waals surface area (Å²) < 4.78 is 0. The Morgan fingerprint density at radius 1 is 1.04 bits per heavy atom. The molecule has 1 amide bonds. The van der Waals surface area contributed by atoms with Crippen molar-refractivity contribution >= 4 is 29.0 Å². The van der Waals surface area contributed by atoms with Gasteiger partial charge in [-0.3, -0.25) is 4.79 Å². The molecule has 1 aromatic heterocycles. The van der Waals surface area contributed by atoms with Crippen molar-refractivity contribution < 1.29 is 14.7 Å². The zero-order valence-electron chi connectivity index (χ0n) is 14.7. The first-order valence-electron chi connectivity index (χ1n) is 8.92. The maximum atomic E-state index is 12.4. The van der Waals surface area contributed by atoms with Crippen LogP contribution in [0.4, 0.5) is 0 Å². The summed E-state index contributed by atoms with van der Waals surface area (Å²) >= 11 is 0. The van der Waals surface area contributed by atoms with Gasteiger partial charge in [-0.15, -0.1) is 0 Å². The van der Waals surface area contributed by atoms with Gasteiger partial charge in [0.15, 0.2) is 0 Å². The summed E-state index contributed by atoms with van der Waals surface area (Å²) in [6.45, 7) is 0. The lowest BCUT2D eigenvalue weighted by atomic mass is 9.95. The van der Waals surface area contributed by atoms with E-state index < -0.39 is 5.97 Å². The van der Waals surface area contributed by atoms with Crippen LogP contribution in [0.25, 0.3) is 10.9 Å². The van der Waals surface area contributed by atoms with E-state index in [1.165, 1.54) is 42.4 Å². The van der Waals surface area contributed by atoms with Crippen LogP contribution in [-0.2, 0) is 12.8 Å². The van der Waals surface area contributed by atoms with Crippen LogP contribution in [-0.4, -0.2) is 28.2 Å². The van der Waals surface area contributed by atoms with Crippen molar-refractivity contribution in [1.82, 2.24) is 10.4 Å². The maximum absolute atomic E-state index is 12.4. The number of aromatic carboxylic acids is 1. The molecule has 3 N–H and O–H groups in total. The Balaban J connectivity index is 1.48. The molecule has 6 nitrogen and oxygen atoms in total. The molecule has 0 spiro atoms. The smallest absolute Gasteiger partial charge is 0.335 e. The van der Waals surface area contributed by atoms with Gasteiger partial charge in [0, 0.05) is 22.2 Å². The van der Waals surface area contributed by atoms with E-state index in [0.717, 1.165) is 23.7 Å². The van der Waals surface area contributed by atoms with E-state index in [2.05, 4.69) is 15.5 Å². The van der Waals surface area contributed by atoms with E-state index >= 15 is 0 Å². The fraction of sp³-hybridized carbons (Fsp3) is 0.190. The van der Waals surface area contributed by atoms with Crippen molar-refractivity contribution in [2.45, 2.75) is 25.7 Å². The normalized spacial score (nSPS) is 13.6. The van der Waals surface area contributed by atoms with Crippen LogP contribution in [0.15, 0.2) is 47.6 Å². The maximum Gasteiger partial charge on any atom is 0.335 e. The lowest BCUT2D eigenvalue weighted by molar-refractivity contribution is 0.0696. The molecule has 136 valence electrons. The number of amides is 1. The number of hydrazone groups is 1. The minimum atomic E-state index is -0.978. The van der Waals surface area contributed by atoms with Crippen LogP contribution in [0.3, 0.4) is 0 Å². The number of H-pyrrole nitrogens is 1. The summed E-state index contributed by atoms with van der Waals surface area (Å²) in [4.78, 5) is 26.7. The number of nitrogens with zero attached hydrogens (tertiary/aromatic N) is 1. The van der Waals surface area contributed by atoms with Crippen LogP contribution < -0.4 is 5.43 Å². The van der Waals surface area contributed by atoms with Crippen molar-refractivity contribution in [2.75, 3.05) is 0 Å². The number of benzene rings is 2. The van der Waals surface area contributed by atoms with Gasteiger partial charge < -0.3 is 10.1 Å². The molecular weight excluding hydrogens is 342 g/mol. The molecule has 0 saturated heterocycles. The Morgan fingerprint density at radius 3 is 2.56 bits per heavy atom. The van der Waals surface area contributed by atoms with Crippen LogP contribution in [0.2, 0.25) is 0 Å². The molecule has 0 aliphatic heterocycles. The highest BCUT2D eigenvalue weighted by Gasteiger charge is 2.16. The monoisotopic (exact) mass is 361 g/mol. The number of rotatable bonds is 4. The first-order valence-corrected chi connectivity index (χ1v) is 8.92. The standard InChI is InChI=1S/C21H19N3O3/c25-20(24-22-12-13-5-7-14(8-6-13)21(26)27)15-9-10-19-17(11-15)16-3-1-2-4-18(16)23-19/h5-12,23H,1-4H2,(H,24,25)(H,26,27)/b22-12-. The highest BCUT2D eigenvalue weighted by atomic mass is 16.4. The third kappa shape index (κ3) is 3.46. The minimum Gasteiger partial charge on any atom is -0.478 e. The van der Waals surface area contributed by atoms with Gasteiger partial charge >= 0.3 is 5.97 Å². The number of hydrogen-bond acceptors (Lipinski definition) is 3. The van der Waals surface area contributed by atoms with Gasteiger partial charge in [0.2, 0.25) is 0 Å². The number of nitrogens with one attached hydrogen (secondary N) is 2. The number of carbonyl (C=O) groups is 2. The fourth-order valence-corrected chi connectivity index (χ4v) is 3.49. The van der Waals surface area contributed by atoms with Crippen molar-refractivity contribution in [3.63, 3.8) is 0 Å². The molecule has 27 heavy (non-hydrogen) atoms. The third-order valence-corrected chi connectivity index (χ3v) is 4.90. The van der Waals surface area contributed by atoms with E-state index in [0.29, 0.717) is 11.1 Å². The molecular formula is C21H19N3O3. The van der Waals surface area contributed by atoms with Gasteiger partial charge in [-0.05, 0) is 67.1 Å². The lowest BCUT2D eigenvalue weighted by Gasteiger charge is -2.10. The van der Waals surface area contributed by atoms with Crippen LogP contribution in [0.5, 0.6) is 0 Å². The van der Waals surface area contributed by atoms with Crippen molar-refractivity contribution in [3.05, 3.63) is 70.4 Å². The Kier molecular flexibility index (Phi) is 4.46. The van der Waals surface area contributed by atoms with Crippen LogP contribution in [0.1, 0.15) is 50.4 Å². The van der Waals surface area contributed by atoms with Gasteiger partial charge in [-0.25, -0.2) is 10.2 Å². The van der Waals surface area contributed by atoms with E-state index in [1.807, 2.05) is 12.1 Å². The predicted molar refractivity (Wildman–Crippen MR) is 103 cm³/mol. The minimum absolute atomic E-state index is 0.208. The van der Waals surface area contributed by atoms with Crippen LogP contribution in [0, 0.1) is 0 Å². The Bertz CT molecular complexity index is 1050. The Morgan fingerprint density at radius 2 is 1.78 bits per heavy atom. The van der Waals surface area contributed by atoms with Gasteiger partial charge in [-0.1, -0.05) is 12.1 Å². The molecule has 0 fully saturated rings. The number of carbonyl (C=O) groups excluding carboxylic acids is 1. The van der Waals surface area contributed by atoms with Crippen molar-refractivity contribution in [2.24, 2.45) is 5.10 Å². The summed E-state index contributed by atoms with van der Waals surface area (Å²) in [6.07, 6.45) is 5.98. The molecule has 0 bridgehead atoms. The summed E-state index contributed by atoms with van der Waals surface area (Å²) in [5, 5.41) is 14.0. The number of carboxylic acids is 1. The SMILES string of the molecule is O=C(O)c1ccc(/C=N\NC(=O)c2ccc3[nH]c4c(c3c2)CCCC4)cc1. The topological polar surface area (TPSA) is 94.5 Å². The first-order chi connectivity index (χ1) is 13.1. The quantitative estimate of drug-likeness (QED) is 0.490. The number of carboxylic acid groups (broad SMARTS) is 1. The molecule has 0 atom stereocenters. The van der Waals surface area contributed by atoms with Gasteiger partial charge in [0.05, 0.1) is 11.8 Å². The average molecular weight is 361 g/mol.